The number of hydrogen-bond donors (Lipinski definition) is 2. The molecule has 1 aliphatic rings. The van der Waals surface area contributed by atoms with Crippen LogP contribution in [-0.4, -0.2) is 51.4 Å². The zero-order valence-electron chi connectivity index (χ0n) is 13.4. The average molecular weight is 329 g/mol. The van der Waals surface area contributed by atoms with Crippen LogP contribution in [0.1, 0.15) is 35.0 Å². The number of hydrogen-bond acceptors (Lipinski definition) is 5. The van der Waals surface area contributed by atoms with Gasteiger partial charge in [0.1, 0.15) is 17.6 Å². The molecule has 0 unspecified atom stereocenters. The molecule has 0 radical (unpaired) electrons. The number of amides is 2. The van der Waals surface area contributed by atoms with E-state index in [9.17, 15) is 9.59 Å². The number of imidazole rings is 1. The highest BCUT2D eigenvalue weighted by atomic mass is 16.5. The fourth-order valence-electron chi connectivity index (χ4n) is 2.50. The Morgan fingerprint density at radius 3 is 3.04 bits per heavy atom. The second-order valence-corrected chi connectivity index (χ2v) is 5.53. The molecule has 0 aliphatic carbocycles. The lowest BCUT2D eigenvalue weighted by Gasteiger charge is -2.31. The first kappa shape index (κ1) is 16.1. The number of aromatic amines is 1. The number of nitrogens with one attached hydrogen (secondary N) is 2. The van der Waals surface area contributed by atoms with Crippen LogP contribution in [0.5, 0.6) is 0 Å². The number of rotatable bonds is 4. The molecule has 1 fully saturated rings. The van der Waals surface area contributed by atoms with Gasteiger partial charge < -0.3 is 19.9 Å². The van der Waals surface area contributed by atoms with Crippen molar-refractivity contribution in [2.75, 3.05) is 19.7 Å². The highest BCUT2D eigenvalue weighted by Crippen LogP contribution is 2.20. The van der Waals surface area contributed by atoms with Crippen LogP contribution in [0.15, 0.2) is 30.6 Å². The number of carbonyl (C=O) groups excluding carboxylic acids is 2. The topological polar surface area (TPSA) is 100 Å². The predicted octanol–water partition coefficient (Wildman–Crippen LogP) is 0.654. The Balaban J connectivity index is 1.65. The van der Waals surface area contributed by atoms with Crippen molar-refractivity contribution in [3.8, 4) is 0 Å². The van der Waals surface area contributed by atoms with Gasteiger partial charge in [-0.15, -0.1) is 0 Å². The minimum Gasteiger partial charge on any atom is -0.367 e. The van der Waals surface area contributed by atoms with Gasteiger partial charge in [0, 0.05) is 19.7 Å². The third kappa shape index (κ3) is 3.77. The van der Waals surface area contributed by atoms with Crippen molar-refractivity contribution in [1.29, 1.82) is 0 Å². The van der Waals surface area contributed by atoms with Crippen molar-refractivity contribution in [3.05, 3.63) is 47.8 Å². The first-order chi connectivity index (χ1) is 11.6. The Labute approximate surface area is 139 Å². The summed E-state index contributed by atoms with van der Waals surface area (Å²) in [5.74, 6) is 0.426. The van der Waals surface area contributed by atoms with Crippen LogP contribution < -0.4 is 5.32 Å². The summed E-state index contributed by atoms with van der Waals surface area (Å²) < 4.78 is 5.72. The maximum absolute atomic E-state index is 12.5. The second-order valence-electron chi connectivity index (χ2n) is 5.53. The molecule has 0 saturated carbocycles. The van der Waals surface area contributed by atoms with Gasteiger partial charge in [-0.05, 0) is 12.1 Å². The Morgan fingerprint density at radius 2 is 2.29 bits per heavy atom. The van der Waals surface area contributed by atoms with E-state index in [1.165, 1.54) is 6.92 Å². The van der Waals surface area contributed by atoms with Gasteiger partial charge in [0.15, 0.2) is 0 Å². The summed E-state index contributed by atoms with van der Waals surface area (Å²) in [5, 5.41) is 2.70. The Kier molecular flexibility index (Phi) is 4.85. The highest BCUT2D eigenvalue weighted by Gasteiger charge is 2.28. The maximum atomic E-state index is 12.5. The molecule has 2 N–H and O–H groups in total. The molecular weight excluding hydrogens is 310 g/mol. The van der Waals surface area contributed by atoms with E-state index >= 15 is 0 Å². The summed E-state index contributed by atoms with van der Waals surface area (Å²) in [7, 11) is 0. The van der Waals surface area contributed by atoms with Crippen LogP contribution in [0.3, 0.4) is 0 Å². The highest BCUT2D eigenvalue weighted by molar-refractivity contribution is 5.92. The molecule has 2 aromatic rings. The van der Waals surface area contributed by atoms with Gasteiger partial charge in [-0.25, -0.2) is 4.98 Å². The summed E-state index contributed by atoms with van der Waals surface area (Å²) >= 11 is 0. The zero-order chi connectivity index (χ0) is 16.9. The molecule has 1 saturated heterocycles. The third-order valence-corrected chi connectivity index (χ3v) is 3.72. The molecule has 8 heteroatoms. The van der Waals surface area contributed by atoms with Crippen molar-refractivity contribution in [2.24, 2.45) is 0 Å². The second kappa shape index (κ2) is 7.22. The van der Waals surface area contributed by atoms with Crippen LogP contribution in [-0.2, 0) is 16.1 Å². The summed E-state index contributed by atoms with van der Waals surface area (Å²) in [4.78, 5) is 36.7. The molecule has 3 heterocycles. The largest absolute Gasteiger partial charge is 0.367 e. The van der Waals surface area contributed by atoms with Crippen LogP contribution >= 0.6 is 0 Å². The lowest BCUT2D eigenvalue weighted by Crippen LogP contribution is -2.42. The summed E-state index contributed by atoms with van der Waals surface area (Å²) in [6.45, 7) is 3.20. The lowest BCUT2D eigenvalue weighted by molar-refractivity contribution is -0.119. The smallest absolute Gasteiger partial charge is 0.272 e. The van der Waals surface area contributed by atoms with Gasteiger partial charge >= 0.3 is 0 Å². The fraction of sp³-hybridized carbons (Fsp3) is 0.375. The third-order valence-electron chi connectivity index (χ3n) is 3.72. The molecule has 0 bridgehead atoms. The summed E-state index contributed by atoms with van der Waals surface area (Å²) in [5.41, 5.74) is 1.21. The molecule has 0 spiro atoms. The van der Waals surface area contributed by atoms with Gasteiger partial charge in [0.05, 0.1) is 31.6 Å². The number of H-pyrrole nitrogens is 1. The average Bonchev–Trinajstić information content (AvgIpc) is 3.09. The maximum Gasteiger partial charge on any atom is 0.272 e. The van der Waals surface area contributed by atoms with Crippen LogP contribution in [0.4, 0.5) is 0 Å². The Hall–Kier alpha value is -2.74. The molecule has 24 heavy (non-hydrogen) atoms. The number of aromatic nitrogens is 3. The molecule has 1 aliphatic heterocycles. The van der Waals surface area contributed by atoms with Crippen molar-refractivity contribution in [1.82, 2.24) is 25.2 Å². The van der Waals surface area contributed by atoms with Crippen LogP contribution in [0.25, 0.3) is 0 Å². The van der Waals surface area contributed by atoms with Crippen molar-refractivity contribution in [2.45, 2.75) is 19.6 Å². The van der Waals surface area contributed by atoms with Gasteiger partial charge in [0.2, 0.25) is 5.91 Å². The molecule has 126 valence electrons. The van der Waals surface area contributed by atoms with E-state index in [4.69, 9.17) is 4.74 Å². The van der Waals surface area contributed by atoms with E-state index in [2.05, 4.69) is 20.3 Å². The number of carbonyl (C=O) groups is 2. The van der Waals surface area contributed by atoms with Gasteiger partial charge in [-0.2, -0.15) is 0 Å². The van der Waals surface area contributed by atoms with E-state index in [1.54, 1.807) is 35.5 Å². The first-order valence-corrected chi connectivity index (χ1v) is 7.73. The van der Waals surface area contributed by atoms with Crippen molar-refractivity contribution < 1.29 is 14.3 Å². The molecule has 3 rings (SSSR count). The molecular formula is C16H19N5O3. The summed E-state index contributed by atoms with van der Waals surface area (Å²) in [6.07, 6.45) is 2.94. The van der Waals surface area contributed by atoms with E-state index in [0.717, 1.165) is 5.69 Å². The van der Waals surface area contributed by atoms with Gasteiger partial charge in [-0.1, -0.05) is 6.07 Å². The quantitative estimate of drug-likeness (QED) is 0.858. The lowest BCUT2D eigenvalue weighted by atomic mass is 10.2. The molecule has 0 aromatic carbocycles. The van der Waals surface area contributed by atoms with E-state index in [1.807, 2.05) is 0 Å². The van der Waals surface area contributed by atoms with Crippen molar-refractivity contribution in [3.63, 3.8) is 0 Å². The minimum atomic E-state index is -0.322. The molecule has 1 atom stereocenters. The van der Waals surface area contributed by atoms with Crippen LogP contribution in [0, 0.1) is 0 Å². The minimum absolute atomic E-state index is 0.104. The predicted molar refractivity (Wildman–Crippen MR) is 84.9 cm³/mol. The fourth-order valence-corrected chi connectivity index (χ4v) is 2.50. The Morgan fingerprint density at radius 1 is 1.42 bits per heavy atom. The SMILES string of the molecule is CC(=O)NCc1cnc([C@@H]2CN(C(=O)c3ccccn3)CCO2)[nH]1. The van der Waals surface area contributed by atoms with E-state index < -0.39 is 0 Å². The van der Waals surface area contributed by atoms with Crippen LogP contribution in [0.2, 0.25) is 0 Å². The van der Waals surface area contributed by atoms with Gasteiger partial charge in [-0.3, -0.25) is 14.6 Å². The first-order valence-electron chi connectivity index (χ1n) is 7.73. The number of morpholine rings is 1. The van der Waals surface area contributed by atoms with Crippen molar-refractivity contribution >= 4 is 11.8 Å². The monoisotopic (exact) mass is 329 g/mol. The standard InChI is InChI=1S/C16H19N5O3/c1-11(22)18-8-12-9-19-15(20-12)14-10-21(6-7-24-14)16(23)13-4-2-3-5-17-13/h2-5,9,14H,6-8,10H2,1H3,(H,18,22)(H,19,20)/t14-/m0/s1. The zero-order valence-corrected chi connectivity index (χ0v) is 13.4. The van der Waals surface area contributed by atoms with E-state index in [-0.39, 0.29) is 17.9 Å². The van der Waals surface area contributed by atoms with E-state index in [0.29, 0.717) is 37.8 Å². The molecule has 8 nitrogen and oxygen atoms in total. The van der Waals surface area contributed by atoms with Gasteiger partial charge in [0.25, 0.3) is 5.91 Å². The number of pyridine rings is 1. The molecule has 2 amide bonds. The summed E-state index contributed by atoms with van der Waals surface area (Å²) in [6, 6.07) is 5.27. The molecule has 2 aromatic heterocycles. The number of nitrogens with zero attached hydrogens (tertiary/aromatic N) is 3. The normalized spacial score (nSPS) is 17.5. The number of ether oxygens (including phenoxy) is 1. The Bertz CT molecular complexity index is 716.